The molecule has 0 unspecified atom stereocenters. The van der Waals surface area contributed by atoms with E-state index in [2.05, 4.69) is 10.3 Å². The average molecular weight is 268 g/mol. The highest BCUT2D eigenvalue weighted by Crippen LogP contribution is 2.27. The van der Waals surface area contributed by atoms with E-state index in [1.54, 1.807) is 12.1 Å². The van der Waals surface area contributed by atoms with Gasteiger partial charge in [0.2, 0.25) is 0 Å². The van der Waals surface area contributed by atoms with Gasteiger partial charge in [-0.1, -0.05) is 11.6 Å². The Morgan fingerprint density at radius 2 is 2.17 bits per heavy atom. The molecular formula is C13H15ClFN3. The first-order valence-corrected chi connectivity index (χ1v) is 6.04. The normalized spacial score (nSPS) is 10.9. The zero-order chi connectivity index (χ0) is 13.3. The number of rotatable bonds is 3. The fraction of sp³-hybridized carbons (Fsp3) is 0.308. The van der Waals surface area contributed by atoms with Gasteiger partial charge in [0.1, 0.15) is 11.6 Å². The Kier molecular flexibility index (Phi) is 3.68. The third-order valence-corrected chi connectivity index (χ3v) is 3.18. The molecule has 2 rings (SSSR count). The van der Waals surface area contributed by atoms with Crippen LogP contribution in [-0.4, -0.2) is 16.6 Å². The van der Waals surface area contributed by atoms with Crippen LogP contribution in [0.25, 0.3) is 11.3 Å². The summed E-state index contributed by atoms with van der Waals surface area (Å²) in [6.45, 7) is 2.62. The van der Waals surface area contributed by atoms with Crippen LogP contribution in [0.15, 0.2) is 18.2 Å². The third kappa shape index (κ3) is 2.26. The molecule has 0 aliphatic rings. The number of aromatic nitrogens is 2. The van der Waals surface area contributed by atoms with Crippen LogP contribution < -0.4 is 5.32 Å². The van der Waals surface area contributed by atoms with Gasteiger partial charge < -0.3 is 9.88 Å². The molecule has 0 fully saturated rings. The first-order valence-electron chi connectivity index (χ1n) is 5.66. The predicted molar refractivity (Wildman–Crippen MR) is 71.1 cm³/mol. The van der Waals surface area contributed by atoms with Crippen molar-refractivity contribution in [3.8, 4) is 11.3 Å². The van der Waals surface area contributed by atoms with E-state index < -0.39 is 5.82 Å². The fourth-order valence-electron chi connectivity index (χ4n) is 2.06. The molecule has 0 amide bonds. The van der Waals surface area contributed by atoms with E-state index in [9.17, 15) is 4.39 Å². The molecule has 1 aromatic carbocycles. The summed E-state index contributed by atoms with van der Waals surface area (Å²) < 4.78 is 15.2. The van der Waals surface area contributed by atoms with E-state index in [0.29, 0.717) is 6.54 Å². The maximum Gasteiger partial charge on any atom is 0.141 e. The first kappa shape index (κ1) is 13.1. The smallest absolute Gasteiger partial charge is 0.141 e. The molecule has 3 nitrogen and oxygen atoms in total. The second-order valence-electron chi connectivity index (χ2n) is 4.18. The Bertz CT molecular complexity index is 578. The van der Waals surface area contributed by atoms with Crippen LogP contribution in [0, 0.1) is 12.7 Å². The maximum absolute atomic E-state index is 13.2. The number of hydrogen-bond donors (Lipinski definition) is 1. The Balaban J connectivity index is 2.53. The molecular weight excluding hydrogens is 253 g/mol. The summed E-state index contributed by atoms with van der Waals surface area (Å²) in [5, 5.41) is 3.20. The summed E-state index contributed by atoms with van der Waals surface area (Å²) in [4.78, 5) is 4.49. The van der Waals surface area contributed by atoms with Gasteiger partial charge in [-0.15, -0.1) is 0 Å². The number of nitrogens with zero attached hydrogens (tertiary/aromatic N) is 2. The van der Waals surface area contributed by atoms with Gasteiger partial charge in [-0.25, -0.2) is 9.37 Å². The van der Waals surface area contributed by atoms with Crippen molar-refractivity contribution in [1.29, 1.82) is 0 Å². The molecule has 18 heavy (non-hydrogen) atoms. The highest BCUT2D eigenvalue weighted by atomic mass is 35.5. The van der Waals surface area contributed by atoms with Crippen molar-refractivity contribution in [2.45, 2.75) is 13.5 Å². The minimum absolute atomic E-state index is 0.128. The summed E-state index contributed by atoms with van der Waals surface area (Å²) in [6.07, 6.45) is 0. The Hall–Kier alpha value is -1.39. The van der Waals surface area contributed by atoms with Crippen LogP contribution in [-0.2, 0) is 13.6 Å². The van der Waals surface area contributed by atoms with Gasteiger partial charge >= 0.3 is 0 Å². The zero-order valence-electron chi connectivity index (χ0n) is 10.6. The largest absolute Gasteiger partial charge is 0.330 e. The molecule has 0 spiro atoms. The van der Waals surface area contributed by atoms with Gasteiger partial charge in [0, 0.05) is 12.6 Å². The monoisotopic (exact) mass is 267 g/mol. The van der Waals surface area contributed by atoms with Gasteiger partial charge in [0.25, 0.3) is 0 Å². The second kappa shape index (κ2) is 5.08. The van der Waals surface area contributed by atoms with Crippen LogP contribution in [0.2, 0.25) is 5.02 Å². The lowest BCUT2D eigenvalue weighted by Crippen LogP contribution is -2.10. The summed E-state index contributed by atoms with van der Waals surface area (Å²) in [6, 6.07) is 4.72. The number of aryl methyl sites for hydroxylation is 1. The van der Waals surface area contributed by atoms with Crippen molar-refractivity contribution < 1.29 is 4.39 Å². The van der Waals surface area contributed by atoms with E-state index in [1.807, 2.05) is 25.6 Å². The van der Waals surface area contributed by atoms with Crippen LogP contribution in [0.1, 0.15) is 11.5 Å². The van der Waals surface area contributed by atoms with Gasteiger partial charge in [-0.3, -0.25) is 0 Å². The number of halogens is 2. The standard InChI is InChI=1S/C13H15ClFN3/c1-8-13(18(3)12(17-8)7-16-2)9-4-5-11(15)10(14)6-9/h4-6,16H,7H2,1-3H3. The number of nitrogens with one attached hydrogen (secondary N) is 1. The van der Waals surface area contributed by atoms with E-state index >= 15 is 0 Å². The van der Waals surface area contributed by atoms with Crippen molar-refractivity contribution in [2.24, 2.45) is 7.05 Å². The summed E-state index contributed by atoms with van der Waals surface area (Å²) in [5.74, 6) is 0.529. The van der Waals surface area contributed by atoms with Crippen molar-refractivity contribution in [2.75, 3.05) is 7.05 Å². The SMILES string of the molecule is CNCc1nc(C)c(-c2ccc(F)c(Cl)c2)n1C. The number of imidazole rings is 1. The maximum atomic E-state index is 13.2. The third-order valence-electron chi connectivity index (χ3n) is 2.89. The molecule has 0 saturated carbocycles. The quantitative estimate of drug-likeness (QED) is 0.927. The minimum atomic E-state index is -0.407. The Labute approximate surface area is 111 Å². The molecule has 1 heterocycles. The minimum Gasteiger partial charge on any atom is -0.330 e. The number of benzene rings is 1. The molecule has 0 atom stereocenters. The lowest BCUT2D eigenvalue weighted by atomic mass is 10.1. The topological polar surface area (TPSA) is 29.9 Å². The Morgan fingerprint density at radius 3 is 2.78 bits per heavy atom. The predicted octanol–water partition coefficient (Wildman–Crippen LogP) is 2.91. The highest BCUT2D eigenvalue weighted by molar-refractivity contribution is 6.31. The fourth-order valence-corrected chi connectivity index (χ4v) is 2.24. The molecule has 0 aliphatic carbocycles. The first-order chi connectivity index (χ1) is 8.54. The summed E-state index contributed by atoms with van der Waals surface area (Å²) in [5.41, 5.74) is 2.74. The van der Waals surface area contributed by atoms with Crippen LogP contribution in [0.4, 0.5) is 4.39 Å². The molecule has 0 aliphatic heterocycles. The van der Waals surface area contributed by atoms with Gasteiger partial charge in [-0.05, 0) is 32.2 Å². The molecule has 0 bridgehead atoms. The molecule has 1 N–H and O–H groups in total. The highest BCUT2D eigenvalue weighted by Gasteiger charge is 2.13. The molecule has 2 aromatic rings. The zero-order valence-corrected chi connectivity index (χ0v) is 11.3. The van der Waals surface area contributed by atoms with Crippen LogP contribution in [0.5, 0.6) is 0 Å². The summed E-state index contributed by atoms with van der Waals surface area (Å²) >= 11 is 5.82. The molecule has 96 valence electrons. The van der Waals surface area contributed by atoms with Gasteiger partial charge in [-0.2, -0.15) is 0 Å². The number of hydrogen-bond acceptors (Lipinski definition) is 2. The lowest BCUT2D eigenvalue weighted by molar-refractivity contribution is 0.628. The molecule has 1 aromatic heterocycles. The van der Waals surface area contributed by atoms with Crippen molar-refractivity contribution in [1.82, 2.24) is 14.9 Å². The van der Waals surface area contributed by atoms with Crippen molar-refractivity contribution in [3.63, 3.8) is 0 Å². The molecule has 0 radical (unpaired) electrons. The summed E-state index contributed by atoms with van der Waals surface area (Å²) in [7, 11) is 3.82. The van der Waals surface area contributed by atoms with Gasteiger partial charge in [0.15, 0.2) is 0 Å². The lowest BCUT2D eigenvalue weighted by Gasteiger charge is -2.07. The van der Waals surface area contributed by atoms with Gasteiger partial charge in [0.05, 0.1) is 23.0 Å². The van der Waals surface area contributed by atoms with Crippen molar-refractivity contribution in [3.05, 3.63) is 40.6 Å². The van der Waals surface area contributed by atoms with E-state index in [4.69, 9.17) is 11.6 Å². The van der Waals surface area contributed by atoms with E-state index in [1.165, 1.54) is 6.07 Å². The van der Waals surface area contributed by atoms with E-state index in [-0.39, 0.29) is 5.02 Å². The van der Waals surface area contributed by atoms with Crippen LogP contribution >= 0.6 is 11.6 Å². The second-order valence-corrected chi connectivity index (χ2v) is 4.59. The van der Waals surface area contributed by atoms with Crippen molar-refractivity contribution >= 4 is 11.6 Å². The Morgan fingerprint density at radius 1 is 1.44 bits per heavy atom. The average Bonchev–Trinajstić information content (AvgIpc) is 2.59. The molecule has 5 heteroatoms. The van der Waals surface area contributed by atoms with Crippen LogP contribution in [0.3, 0.4) is 0 Å². The molecule has 0 saturated heterocycles. The van der Waals surface area contributed by atoms with E-state index in [0.717, 1.165) is 22.8 Å².